The van der Waals surface area contributed by atoms with Crippen LogP contribution in [0.4, 0.5) is 5.69 Å². The number of hydrogen-bond donors (Lipinski definition) is 3. The number of aryl methyl sites for hydroxylation is 1. The molecule has 156 valence electrons. The first-order valence-corrected chi connectivity index (χ1v) is 9.39. The number of carboxylic acid groups (broad SMARTS) is 1. The minimum absolute atomic E-state index is 0.120. The second kappa shape index (κ2) is 8.77. The molecule has 8 heteroatoms. The van der Waals surface area contributed by atoms with Crippen LogP contribution in [0.5, 0.6) is 0 Å². The van der Waals surface area contributed by atoms with Crippen LogP contribution in [-0.4, -0.2) is 42.5 Å². The molecule has 2 amide bonds. The van der Waals surface area contributed by atoms with Crippen LogP contribution in [0.15, 0.2) is 48.5 Å². The van der Waals surface area contributed by atoms with Crippen molar-refractivity contribution in [1.82, 2.24) is 5.32 Å². The summed E-state index contributed by atoms with van der Waals surface area (Å²) >= 11 is 0. The Kier molecular flexibility index (Phi) is 6.15. The Morgan fingerprint density at radius 2 is 1.43 bits per heavy atom. The van der Waals surface area contributed by atoms with Crippen LogP contribution in [0.2, 0.25) is 0 Å². The molecule has 4 atom stereocenters. The predicted octanol–water partition coefficient (Wildman–Crippen LogP) is 1.83. The van der Waals surface area contributed by atoms with Crippen LogP contribution >= 0.6 is 0 Å². The highest BCUT2D eigenvalue weighted by Crippen LogP contribution is 2.44. The van der Waals surface area contributed by atoms with E-state index in [1.54, 1.807) is 12.1 Å². The second-order valence-corrected chi connectivity index (χ2v) is 7.16. The molecule has 1 fully saturated rings. The Hall–Kier alpha value is -3.68. The fourth-order valence-electron chi connectivity index (χ4n) is 3.76. The number of nitrogens with one attached hydrogen (secondary N) is 2. The molecule has 0 spiro atoms. The average Bonchev–Trinajstić information content (AvgIpc) is 2.71. The molecule has 2 aromatic rings. The molecule has 2 aromatic carbocycles. The maximum atomic E-state index is 12.7. The van der Waals surface area contributed by atoms with E-state index in [4.69, 9.17) is 4.74 Å². The van der Waals surface area contributed by atoms with E-state index < -0.39 is 41.6 Å². The Labute approximate surface area is 173 Å². The van der Waals surface area contributed by atoms with Gasteiger partial charge in [-0.3, -0.25) is 19.2 Å². The summed E-state index contributed by atoms with van der Waals surface area (Å²) < 4.78 is 4.89. The third-order valence-corrected chi connectivity index (χ3v) is 5.37. The Morgan fingerprint density at radius 3 is 1.93 bits per heavy atom. The quantitative estimate of drug-likeness (QED) is 0.599. The number of carbonyl (C=O) groups is 4. The van der Waals surface area contributed by atoms with Gasteiger partial charge in [0.15, 0.2) is 0 Å². The van der Waals surface area contributed by atoms with Gasteiger partial charge in [0.05, 0.1) is 17.8 Å². The van der Waals surface area contributed by atoms with Gasteiger partial charge in [-0.25, -0.2) is 0 Å². The summed E-state index contributed by atoms with van der Waals surface area (Å²) in [5.41, 5.74) is 3.60. The third kappa shape index (κ3) is 4.03. The molecule has 30 heavy (non-hydrogen) atoms. The number of anilines is 1. The van der Waals surface area contributed by atoms with Gasteiger partial charge in [-0.2, -0.15) is 0 Å². The third-order valence-electron chi connectivity index (χ3n) is 5.37. The predicted molar refractivity (Wildman–Crippen MR) is 108 cm³/mol. The van der Waals surface area contributed by atoms with Crippen LogP contribution < -0.4 is 10.6 Å². The topological polar surface area (TPSA) is 122 Å². The monoisotopic (exact) mass is 410 g/mol. The van der Waals surface area contributed by atoms with Crippen molar-refractivity contribution in [3.8, 4) is 11.1 Å². The largest absolute Gasteiger partial charge is 0.481 e. The molecule has 0 heterocycles. The van der Waals surface area contributed by atoms with Gasteiger partial charge in [-0.15, -0.1) is 0 Å². The van der Waals surface area contributed by atoms with Gasteiger partial charge in [-0.05, 0) is 30.2 Å². The molecule has 0 radical (unpaired) electrons. The number of aliphatic carboxylic acids is 1. The normalized spacial score (nSPS) is 22.3. The van der Waals surface area contributed by atoms with E-state index >= 15 is 0 Å². The van der Waals surface area contributed by atoms with E-state index in [-0.39, 0.29) is 6.47 Å². The fourth-order valence-corrected chi connectivity index (χ4v) is 3.76. The van der Waals surface area contributed by atoms with Gasteiger partial charge in [-0.1, -0.05) is 42.0 Å². The van der Waals surface area contributed by atoms with E-state index in [0.29, 0.717) is 5.69 Å². The molecule has 0 bridgehead atoms. The van der Waals surface area contributed by atoms with Crippen LogP contribution in [0.1, 0.15) is 5.56 Å². The first kappa shape index (κ1) is 21.0. The van der Waals surface area contributed by atoms with Gasteiger partial charge in [0, 0.05) is 12.7 Å². The molecule has 1 saturated carbocycles. The summed E-state index contributed by atoms with van der Waals surface area (Å²) in [5.74, 6) is -6.12. The average molecular weight is 410 g/mol. The lowest BCUT2D eigenvalue weighted by Crippen LogP contribution is -2.64. The molecule has 1 aliphatic carbocycles. The summed E-state index contributed by atoms with van der Waals surface area (Å²) in [7, 11) is 1.35. The SMILES string of the molecule is CNC(=O)C1C(OC=O)C(C(=O)Nc2ccc(-c3ccc(C)cc3)cc2)C1C(=O)O. The summed E-state index contributed by atoms with van der Waals surface area (Å²) in [5, 5.41) is 14.5. The summed E-state index contributed by atoms with van der Waals surface area (Å²) in [6.45, 7) is 2.12. The lowest BCUT2D eigenvalue weighted by Gasteiger charge is -2.45. The second-order valence-electron chi connectivity index (χ2n) is 7.16. The fraction of sp³-hybridized carbons (Fsp3) is 0.273. The maximum absolute atomic E-state index is 12.7. The van der Waals surface area contributed by atoms with Crippen molar-refractivity contribution in [3.05, 3.63) is 54.1 Å². The van der Waals surface area contributed by atoms with Crippen molar-refractivity contribution in [2.24, 2.45) is 17.8 Å². The van der Waals surface area contributed by atoms with Gasteiger partial charge in [0.2, 0.25) is 11.8 Å². The van der Waals surface area contributed by atoms with E-state index in [0.717, 1.165) is 16.7 Å². The number of rotatable bonds is 7. The molecule has 3 N–H and O–H groups in total. The van der Waals surface area contributed by atoms with E-state index in [1.807, 2.05) is 43.3 Å². The minimum atomic E-state index is -1.30. The minimum Gasteiger partial charge on any atom is -0.481 e. The van der Waals surface area contributed by atoms with Gasteiger partial charge < -0.3 is 20.5 Å². The number of carbonyl (C=O) groups excluding carboxylic acids is 3. The van der Waals surface area contributed by atoms with Crippen molar-refractivity contribution in [3.63, 3.8) is 0 Å². The number of benzene rings is 2. The molecule has 0 aromatic heterocycles. The molecular weight excluding hydrogens is 388 g/mol. The molecule has 3 rings (SSSR count). The van der Waals surface area contributed by atoms with Crippen molar-refractivity contribution < 1.29 is 29.0 Å². The standard InChI is InChI=1S/C22H22N2O6/c1-12-3-5-13(6-4-12)14-7-9-15(10-8-14)24-21(27)18-16(22(28)29)17(20(26)23-2)19(18)30-11-25/h3-11,16-19H,1-2H3,(H,23,26)(H,24,27)(H,28,29). The Balaban J connectivity index is 1.76. The Morgan fingerprint density at radius 1 is 0.900 bits per heavy atom. The first-order valence-electron chi connectivity index (χ1n) is 9.39. The molecule has 8 nitrogen and oxygen atoms in total. The smallest absolute Gasteiger partial charge is 0.308 e. The summed E-state index contributed by atoms with van der Waals surface area (Å²) in [6.07, 6.45) is -1.14. The molecule has 4 unspecified atom stereocenters. The lowest BCUT2D eigenvalue weighted by molar-refractivity contribution is -0.187. The number of amides is 2. The molecule has 0 aliphatic heterocycles. The number of carboxylic acids is 1. The van der Waals surface area contributed by atoms with Crippen molar-refractivity contribution in [1.29, 1.82) is 0 Å². The number of hydrogen-bond acceptors (Lipinski definition) is 5. The first-order chi connectivity index (χ1) is 14.4. The van der Waals surface area contributed by atoms with Crippen LogP contribution in [0.25, 0.3) is 11.1 Å². The highest BCUT2D eigenvalue weighted by atomic mass is 16.5. The highest BCUT2D eigenvalue weighted by molar-refractivity contribution is 6.00. The van der Waals surface area contributed by atoms with E-state index in [1.165, 1.54) is 7.05 Å². The molecule has 1 aliphatic rings. The van der Waals surface area contributed by atoms with Gasteiger partial charge in [0.1, 0.15) is 6.10 Å². The van der Waals surface area contributed by atoms with Crippen molar-refractivity contribution in [2.75, 3.05) is 12.4 Å². The summed E-state index contributed by atoms with van der Waals surface area (Å²) in [4.78, 5) is 47.2. The molecule has 0 saturated heterocycles. The Bertz CT molecular complexity index is 955. The van der Waals surface area contributed by atoms with Crippen molar-refractivity contribution >= 4 is 29.9 Å². The highest BCUT2D eigenvalue weighted by Gasteiger charge is 2.62. The van der Waals surface area contributed by atoms with E-state index in [9.17, 15) is 24.3 Å². The zero-order chi connectivity index (χ0) is 21.8. The summed E-state index contributed by atoms with van der Waals surface area (Å²) in [6, 6.07) is 15.1. The lowest BCUT2D eigenvalue weighted by atomic mass is 9.61. The van der Waals surface area contributed by atoms with Gasteiger partial charge in [0.25, 0.3) is 6.47 Å². The van der Waals surface area contributed by atoms with Crippen molar-refractivity contribution in [2.45, 2.75) is 13.0 Å². The van der Waals surface area contributed by atoms with Crippen LogP contribution in [0.3, 0.4) is 0 Å². The zero-order valence-corrected chi connectivity index (χ0v) is 16.5. The zero-order valence-electron chi connectivity index (χ0n) is 16.5. The van der Waals surface area contributed by atoms with Crippen LogP contribution in [0, 0.1) is 24.7 Å². The van der Waals surface area contributed by atoms with Gasteiger partial charge >= 0.3 is 5.97 Å². The maximum Gasteiger partial charge on any atom is 0.308 e. The number of ether oxygens (including phenoxy) is 1. The van der Waals surface area contributed by atoms with E-state index in [2.05, 4.69) is 10.6 Å². The van der Waals surface area contributed by atoms with Crippen LogP contribution in [-0.2, 0) is 23.9 Å². The molecular formula is C22H22N2O6.